The largest absolute Gasteiger partial charge is 0.373 e. The molecule has 0 aromatic heterocycles. The summed E-state index contributed by atoms with van der Waals surface area (Å²) in [6, 6.07) is 6.15. The SMILES string of the molecule is C[C@@H]1C[C@@H]2CCN(C(=O)Cc3ccc(F)cc3)C[C@H]2O1. The summed E-state index contributed by atoms with van der Waals surface area (Å²) in [6.07, 6.45) is 3.01. The summed E-state index contributed by atoms with van der Waals surface area (Å²) >= 11 is 0. The molecule has 0 saturated carbocycles. The Labute approximate surface area is 118 Å². The second kappa shape index (κ2) is 5.52. The fraction of sp³-hybridized carbons (Fsp3) is 0.562. The molecule has 20 heavy (non-hydrogen) atoms. The average Bonchev–Trinajstić information content (AvgIpc) is 2.80. The number of benzene rings is 1. The van der Waals surface area contributed by atoms with E-state index < -0.39 is 0 Å². The third-order valence-corrected chi connectivity index (χ3v) is 4.36. The highest BCUT2D eigenvalue weighted by atomic mass is 19.1. The first-order chi connectivity index (χ1) is 9.61. The fourth-order valence-electron chi connectivity index (χ4n) is 3.28. The molecule has 3 atom stereocenters. The molecule has 0 spiro atoms. The average molecular weight is 277 g/mol. The van der Waals surface area contributed by atoms with E-state index in [0.29, 0.717) is 25.0 Å². The molecule has 2 heterocycles. The van der Waals surface area contributed by atoms with Crippen molar-refractivity contribution in [3.05, 3.63) is 35.6 Å². The van der Waals surface area contributed by atoms with E-state index in [1.807, 2.05) is 4.90 Å². The van der Waals surface area contributed by atoms with E-state index >= 15 is 0 Å². The number of nitrogens with zero attached hydrogens (tertiary/aromatic N) is 1. The van der Waals surface area contributed by atoms with Crippen LogP contribution in [0.5, 0.6) is 0 Å². The van der Waals surface area contributed by atoms with Crippen LogP contribution in [0.3, 0.4) is 0 Å². The quantitative estimate of drug-likeness (QED) is 0.830. The Hall–Kier alpha value is -1.42. The molecule has 3 rings (SSSR count). The maximum absolute atomic E-state index is 12.9. The van der Waals surface area contributed by atoms with E-state index in [0.717, 1.165) is 24.9 Å². The van der Waals surface area contributed by atoms with Crippen molar-refractivity contribution < 1.29 is 13.9 Å². The minimum atomic E-state index is -0.268. The molecular weight excluding hydrogens is 257 g/mol. The Balaban J connectivity index is 1.59. The molecule has 0 radical (unpaired) electrons. The predicted octanol–water partition coefficient (Wildman–Crippen LogP) is 2.39. The highest BCUT2D eigenvalue weighted by molar-refractivity contribution is 5.78. The summed E-state index contributed by atoms with van der Waals surface area (Å²) in [4.78, 5) is 14.2. The molecule has 1 aromatic rings. The van der Waals surface area contributed by atoms with Gasteiger partial charge in [-0.3, -0.25) is 4.79 Å². The minimum absolute atomic E-state index is 0.109. The van der Waals surface area contributed by atoms with Gasteiger partial charge in [-0.15, -0.1) is 0 Å². The number of fused-ring (bicyclic) bond motifs is 1. The van der Waals surface area contributed by atoms with Gasteiger partial charge < -0.3 is 9.64 Å². The Bertz CT molecular complexity index is 488. The molecule has 0 bridgehead atoms. The van der Waals surface area contributed by atoms with E-state index in [-0.39, 0.29) is 17.8 Å². The van der Waals surface area contributed by atoms with Crippen LogP contribution in [0, 0.1) is 11.7 Å². The number of likely N-dealkylation sites (tertiary alicyclic amines) is 1. The smallest absolute Gasteiger partial charge is 0.227 e. The molecular formula is C16H20FNO2. The highest BCUT2D eigenvalue weighted by Crippen LogP contribution is 2.33. The van der Waals surface area contributed by atoms with Gasteiger partial charge >= 0.3 is 0 Å². The van der Waals surface area contributed by atoms with E-state index in [4.69, 9.17) is 4.74 Å². The normalized spacial score (nSPS) is 29.3. The van der Waals surface area contributed by atoms with Crippen LogP contribution in [0.25, 0.3) is 0 Å². The summed E-state index contributed by atoms with van der Waals surface area (Å²) in [6.45, 7) is 3.62. The Morgan fingerprint density at radius 2 is 2.15 bits per heavy atom. The summed E-state index contributed by atoms with van der Waals surface area (Å²) < 4.78 is 18.7. The van der Waals surface area contributed by atoms with Crippen LogP contribution < -0.4 is 0 Å². The lowest BCUT2D eigenvalue weighted by atomic mass is 9.92. The van der Waals surface area contributed by atoms with Crippen molar-refractivity contribution >= 4 is 5.91 Å². The molecule has 0 aliphatic carbocycles. The summed E-state index contributed by atoms with van der Waals surface area (Å²) in [5, 5.41) is 0. The fourth-order valence-corrected chi connectivity index (χ4v) is 3.28. The lowest BCUT2D eigenvalue weighted by molar-refractivity contribution is -0.134. The Morgan fingerprint density at radius 3 is 2.90 bits per heavy atom. The van der Waals surface area contributed by atoms with Gasteiger partial charge in [0.2, 0.25) is 5.91 Å². The van der Waals surface area contributed by atoms with E-state index in [9.17, 15) is 9.18 Å². The van der Waals surface area contributed by atoms with Crippen molar-refractivity contribution in [2.75, 3.05) is 13.1 Å². The molecule has 2 fully saturated rings. The van der Waals surface area contributed by atoms with Gasteiger partial charge in [0.15, 0.2) is 0 Å². The second-order valence-electron chi connectivity index (χ2n) is 5.91. The van der Waals surface area contributed by atoms with Crippen LogP contribution in [0.1, 0.15) is 25.3 Å². The van der Waals surface area contributed by atoms with Gasteiger partial charge in [0.25, 0.3) is 0 Å². The van der Waals surface area contributed by atoms with Crippen LogP contribution in [-0.4, -0.2) is 36.1 Å². The van der Waals surface area contributed by atoms with E-state index in [1.54, 1.807) is 12.1 Å². The van der Waals surface area contributed by atoms with Gasteiger partial charge in [-0.1, -0.05) is 12.1 Å². The predicted molar refractivity (Wildman–Crippen MR) is 73.7 cm³/mol. The van der Waals surface area contributed by atoms with Crippen molar-refractivity contribution in [3.63, 3.8) is 0 Å². The zero-order valence-electron chi connectivity index (χ0n) is 11.7. The third-order valence-electron chi connectivity index (χ3n) is 4.36. The van der Waals surface area contributed by atoms with Gasteiger partial charge in [0, 0.05) is 13.1 Å². The van der Waals surface area contributed by atoms with E-state index in [1.165, 1.54) is 12.1 Å². The molecule has 2 saturated heterocycles. The maximum atomic E-state index is 12.9. The van der Waals surface area contributed by atoms with Gasteiger partial charge in [0.05, 0.1) is 18.6 Å². The van der Waals surface area contributed by atoms with Crippen LogP contribution in [0.4, 0.5) is 4.39 Å². The minimum Gasteiger partial charge on any atom is -0.373 e. The van der Waals surface area contributed by atoms with Crippen LogP contribution in [0.2, 0.25) is 0 Å². The number of hydrogen-bond donors (Lipinski definition) is 0. The third kappa shape index (κ3) is 2.85. The van der Waals surface area contributed by atoms with Crippen LogP contribution in [-0.2, 0) is 16.0 Å². The first kappa shape index (κ1) is 13.6. The molecule has 0 unspecified atom stereocenters. The number of halogens is 1. The van der Waals surface area contributed by atoms with Crippen molar-refractivity contribution in [2.45, 2.75) is 38.4 Å². The lowest BCUT2D eigenvalue weighted by Crippen LogP contribution is -2.45. The second-order valence-corrected chi connectivity index (χ2v) is 5.91. The van der Waals surface area contributed by atoms with E-state index in [2.05, 4.69) is 6.92 Å². The molecule has 108 valence electrons. The van der Waals surface area contributed by atoms with Crippen LogP contribution >= 0.6 is 0 Å². The Kier molecular flexibility index (Phi) is 3.74. The van der Waals surface area contributed by atoms with Crippen molar-refractivity contribution in [1.82, 2.24) is 4.90 Å². The standard InChI is InChI=1S/C16H20FNO2/c1-11-8-13-6-7-18(10-15(13)20-11)16(19)9-12-2-4-14(17)5-3-12/h2-5,11,13,15H,6-10H2,1H3/t11-,13+,15-/m1/s1. The van der Waals surface area contributed by atoms with Gasteiger partial charge in [0.1, 0.15) is 5.82 Å². The first-order valence-electron chi connectivity index (χ1n) is 7.29. The van der Waals surface area contributed by atoms with Gasteiger partial charge in [-0.25, -0.2) is 4.39 Å². The number of amides is 1. The van der Waals surface area contributed by atoms with Crippen molar-refractivity contribution in [2.24, 2.45) is 5.92 Å². The molecule has 2 aliphatic rings. The van der Waals surface area contributed by atoms with Crippen molar-refractivity contribution in [3.8, 4) is 0 Å². The summed E-state index contributed by atoms with van der Waals surface area (Å²) in [7, 11) is 0. The molecule has 2 aliphatic heterocycles. The number of carbonyl (C=O) groups excluding carboxylic acids is 1. The molecule has 4 heteroatoms. The number of hydrogen-bond acceptors (Lipinski definition) is 2. The monoisotopic (exact) mass is 277 g/mol. The van der Waals surface area contributed by atoms with Gasteiger partial charge in [-0.2, -0.15) is 0 Å². The first-order valence-corrected chi connectivity index (χ1v) is 7.29. The molecule has 3 nitrogen and oxygen atoms in total. The summed E-state index contributed by atoms with van der Waals surface area (Å²) in [5.41, 5.74) is 0.860. The summed E-state index contributed by atoms with van der Waals surface area (Å²) in [5.74, 6) is 0.452. The number of carbonyl (C=O) groups is 1. The topological polar surface area (TPSA) is 29.5 Å². The lowest BCUT2D eigenvalue weighted by Gasteiger charge is -2.34. The Morgan fingerprint density at radius 1 is 1.40 bits per heavy atom. The van der Waals surface area contributed by atoms with Crippen LogP contribution in [0.15, 0.2) is 24.3 Å². The highest BCUT2D eigenvalue weighted by Gasteiger charge is 2.38. The maximum Gasteiger partial charge on any atom is 0.227 e. The number of piperidine rings is 1. The zero-order chi connectivity index (χ0) is 14.1. The zero-order valence-corrected chi connectivity index (χ0v) is 11.7. The number of rotatable bonds is 2. The van der Waals surface area contributed by atoms with Crippen molar-refractivity contribution in [1.29, 1.82) is 0 Å². The molecule has 1 aromatic carbocycles. The van der Waals surface area contributed by atoms with Gasteiger partial charge in [-0.05, 0) is 43.4 Å². The molecule has 0 N–H and O–H groups in total. The molecule has 1 amide bonds. The number of ether oxygens (including phenoxy) is 1.